The molecule has 20 heavy (non-hydrogen) atoms. The van der Waals surface area contributed by atoms with E-state index < -0.39 is 6.16 Å². The first-order chi connectivity index (χ1) is 9.27. The molecule has 0 rings (SSSR count). The Bertz CT molecular complexity index is 183. The van der Waals surface area contributed by atoms with Crippen LogP contribution >= 0.6 is 46.4 Å². The highest BCUT2D eigenvalue weighted by atomic mass is 35.5. The maximum Gasteiger partial charge on any atom is 0.503 e. The Morgan fingerprint density at radius 3 is 1.25 bits per heavy atom. The Morgan fingerprint density at radius 2 is 1.10 bits per heavy atom. The molecule has 0 atom stereocenters. The minimum Gasteiger partial charge on any atom is -0.450 e. The Balaban J connectivity index is -0.000000230. The Hall–Kier alpha value is 0.784. The summed E-state index contributed by atoms with van der Waals surface area (Å²) in [5, 5.41) is 30.5. The quantitative estimate of drug-likeness (QED) is 0.283. The van der Waals surface area contributed by atoms with E-state index in [1.165, 1.54) is 0 Å². The normalized spacial score (nSPS) is 9.60. The van der Waals surface area contributed by atoms with Crippen molar-refractivity contribution in [3.63, 3.8) is 0 Å². The van der Waals surface area contributed by atoms with Crippen molar-refractivity contribution >= 4 is 71.6 Å². The lowest BCUT2D eigenvalue weighted by Gasteiger charge is -1.94. The Morgan fingerprint density at radius 1 is 0.850 bits per heavy atom. The zero-order valence-electron chi connectivity index (χ0n) is 10.6. The topological polar surface area (TPSA) is 98.0 Å². The lowest BCUT2D eigenvalue weighted by atomic mass is 10.5. The molecule has 0 aliphatic carbocycles. The highest BCUT2D eigenvalue weighted by Crippen LogP contribution is 2.02. The second-order valence-corrected chi connectivity index (χ2v) is 9.57. The van der Waals surface area contributed by atoms with Crippen LogP contribution in [0.2, 0.25) is 12.1 Å². The van der Waals surface area contributed by atoms with Gasteiger partial charge in [-0.2, -0.15) is 0 Å². The average molecular weight is 404 g/mol. The largest absolute Gasteiger partial charge is 0.503 e. The summed E-state index contributed by atoms with van der Waals surface area (Å²) in [4.78, 5) is 8.56. The molecule has 4 radical (unpaired) electrons. The molecule has 0 aromatic rings. The van der Waals surface area contributed by atoms with Crippen LogP contribution in [0.5, 0.6) is 0 Å². The fraction of sp³-hybridized carbons (Fsp3) is 0.889. The molecule has 0 unspecified atom stereocenters. The van der Waals surface area contributed by atoms with Crippen LogP contribution in [0.1, 0.15) is 12.8 Å². The van der Waals surface area contributed by atoms with Crippen LogP contribution in [-0.4, -0.2) is 67.8 Å². The van der Waals surface area contributed by atoms with Crippen molar-refractivity contribution in [1.29, 1.82) is 0 Å². The Labute approximate surface area is 143 Å². The van der Waals surface area contributed by atoms with Crippen LogP contribution in [0.25, 0.3) is 0 Å². The van der Waals surface area contributed by atoms with Crippen molar-refractivity contribution < 1.29 is 25.2 Å². The van der Waals surface area contributed by atoms with Crippen LogP contribution in [0.3, 0.4) is 0 Å². The standard InChI is InChI=1S/2C4H8Cl2OSi.CH2O3/c2*5-4(6)8-3-1-2-7;2-1(3)4/h2*4,7H,1-3H2;(H2,2,3,4). The molecule has 0 amide bonds. The van der Waals surface area contributed by atoms with Gasteiger partial charge in [-0.1, -0.05) is 12.1 Å². The summed E-state index contributed by atoms with van der Waals surface area (Å²) in [6.45, 7) is 0.487. The lowest BCUT2D eigenvalue weighted by Crippen LogP contribution is -2.01. The van der Waals surface area contributed by atoms with Gasteiger partial charge in [0, 0.05) is 13.2 Å². The van der Waals surface area contributed by atoms with Crippen LogP contribution in [0.4, 0.5) is 4.79 Å². The highest BCUT2D eigenvalue weighted by molar-refractivity contribution is 6.69. The number of hydrogen-bond acceptors (Lipinski definition) is 3. The number of halogens is 4. The van der Waals surface area contributed by atoms with E-state index in [0.717, 1.165) is 24.9 Å². The van der Waals surface area contributed by atoms with E-state index in [1.54, 1.807) is 0 Å². The van der Waals surface area contributed by atoms with Crippen LogP contribution < -0.4 is 0 Å². The summed E-state index contributed by atoms with van der Waals surface area (Å²) in [6.07, 6.45) is -0.206. The fourth-order valence-electron chi connectivity index (χ4n) is 0.580. The number of carboxylic acid groups (broad SMARTS) is 2. The molecule has 0 fully saturated rings. The number of aliphatic hydroxyl groups excluding tert-OH is 2. The zero-order valence-corrected chi connectivity index (χ0v) is 15.6. The van der Waals surface area contributed by atoms with Gasteiger partial charge in [-0.05, 0) is 12.8 Å². The molecule has 0 aromatic heterocycles. The summed E-state index contributed by atoms with van der Waals surface area (Å²) < 4.78 is -0.469. The lowest BCUT2D eigenvalue weighted by molar-refractivity contribution is 0.137. The van der Waals surface area contributed by atoms with E-state index in [9.17, 15) is 0 Å². The average Bonchev–Trinajstić information content (AvgIpc) is 2.29. The molecule has 0 spiro atoms. The molecule has 0 bridgehead atoms. The summed E-state index contributed by atoms with van der Waals surface area (Å²) in [5.41, 5.74) is 0. The molecular weight excluding hydrogens is 386 g/mol. The van der Waals surface area contributed by atoms with Crippen LogP contribution in [-0.2, 0) is 0 Å². The van der Waals surface area contributed by atoms with Crippen molar-refractivity contribution in [2.45, 2.75) is 33.8 Å². The molecular formula is C9H18Cl4O5Si2. The van der Waals surface area contributed by atoms with Gasteiger partial charge in [0.2, 0.25) is 0 Å². The van der Waals surface area contributed by atoms with Gasteiger partial charge in [-0.25, -0.2) is 4.79 Å². The van der Waals surface area contributed by atoms with E-state index in [4.69, 9.17) is 71.6 Å². The molecule has 0 aliphatic heterocycles. The number of hydrogen-bond donors (Lipinski definition) is 4. The number of alkyl halides is 4. The third-order valence-electron chi connectivity index (χ3n) is 1.27. The maximum absolute atomic E-state index is 8.56. The molecule has 0 saturated heterocycles. The van der Waals surface area contributed by atoms with Gasteiger partial charge in [0.15, 0.2) is 0 Å². The van der Waals surface area contributed by atoms with Gasteiger partial charge in [0.25, 0.3) is 0 Å². The van der Waals surface area contributed by atoms with E-state index in [0.29, 0.717) is 19.0 Å². The van der Waals surface area contributed by atoms with E-state index in [-0.39, 0.29) is 22.1 Å². The van der Waals surface area contributed by atoms with E-state index in [1.807, 2.05) is 0 Å². The van der Waals surface area contributed by atoms with Crippen LogP contribution in [0.15, 0.2) is 0 Å². The van der Waals surface area contributed by atoms with Crippen molar-refractivity contribution in [3.8, 4) is 0 Å². The number of aliphatic hydroxyl groups is 2. The molecule has 11 heteroatoms. The summed E-state index contributed by atoms with van der Waals surface area (Å²) in [5.74, 6) is 0. The molecule has 0 heterocycles. The molecule has 120 valence electrons. The minimum atomic E-state index is -1.83. The van der Waals surface area contributed by atoms with Gasteiger partial charge in [0.05, 0.1) is 28.0 Å². The SMILES string of the molecule is O=C(O)O.OCCC[Si]C(Cl)Cl.OCCC[Si]C(Cl)Cl. The first kappa shape index (κ1) is 25.7. The third-order valence-corrected chi connectivity index (χ3v) is 5.02. The smallest absolute Gasteiger partial charge is 0.450 e. The Kier molecular flexibility index (Phi) is 28.4. The van der Waals surface area contributed by atoms with E-state index >= 15 is 0 Å². The van der Waals surface area contributed by atoms with Gasteiger partial charge >= 0.3 is 6.16 Å². The molecule has 0 saturated carbocycles. The maximum atomic E-state index is 8.56. The van der Waals surface area contributed by atoms with Gasteiger partial charge < -0.3 is 20.4 Å². The van der Waals surface area contributed by atoms with Crippen molar-refractivity contribution in [2.24, 2.45) is 0 Å². The first-order valence-electron chi connectivity index (χ1n) is 5.44. The predicted octanol–water partition coefficient (Wildman–Crippen LogP) is 2.73. The summed E-state index contributed by atoms with van der Waals surface area (Å²) >= 11 is 21.6. The van der Waals surface area contributed by atoms with E-state index in [2.05, 4.69) is 0 Å². The van der Waals surface area contributed by atoms with Crippen molar-refractivity contribution in [1.82, 2.24) is 0 Å². The second kappa shape index (κ2) is 22.1. The fourth-order valence-corrected chi connectivity index (χ4v) is 3.05. The van der Waals surface area contributed by atoms with Crippen molar-refractivity contribution in [3.05, 3.63) is 0 Å². The zero-order chi connectivity index (χ0) is 16.4. The monoisotopic (exact) mass is 402 g/mol. The second-order valence-electron chi connectivity index (χ2n) is 2.95. The van der Waals surface area contributed by atoms with Gasteiger partial charge in [-0.15, -0.1) is 46.4 Å². The summed E-state index contributed by atoms with van der Waals surface area (Å²) in [6, 6.07) is 1.88. The first-order valence-corrected chi connectivity index (χ1v) is 9.76. The molecule has 0 aromatic carbocycles. The molecule has 5 nitrogen and oxygen atoms in total. The van der Waals surface area contributed by atoms with Gasteiger partial charge in [0.1, 0.15) is 0 Å². The highest BCUT2D eigenvalue weighted by Gasteiger charge is 1.98. The van der Waals surface area contributed by atoms with Gasteiger partial charge in [-0.3, -0.25) is 0 Å². The number of carbonyl (C=O) groups is 1. The number of rotatable bonds is 8. The summed E-state index contributed by atoms with van der Waals surface area (Å²) in [7, 11) is 1.13. The third kappa shape index (κ3) is 51.1. The minimum absolute atomic E-state index is 0.235. The predicted molar refractivity (Wildman–Crippen MR) is 86.2 cm³/mol. The molecule has 4 N–H and O–H groups in total. The van der Waals surface area contributed by atoms with Crippen molar-refractivity contribution in [2.75, 3.05) is 13.2 Å². The molecule has 0 aliphatic rings. The van der Waals surface area contributed by atoms with Crippen LogP contribution in [0, 0.1) is 0 Å².